The van der Waals surface area contributed by atoms with Gasteiger partial charge in [0.2, 0.25) is 23.6 Å². The molecule has 0 aliphatic heterocycles. The predicted molar refractivity (Wildman–Crippen MR) is 103 cm³/mol. The van der Waals surface area contributed by atoms with E-state index in [1.165, 1.54) is 12.5 Å². The number of hydrogen-bond acceptors (Lipinski definition) is 7. The number of carbonyl (C=O) groups is 5. The lowest BCUT2D eigenvalue weighted by Gasteiger charge is -2.24. The molecule has 1 aromatic heterocycles. The zero-order chi connectivity index (χ0) is 22.8. The molecule has 0 bridgehead atoms. The summed E-state index contributed by atoms with van der Waals surface area (Å²) >= 11 is 0. The van der Waals surface area contributed by atoms with Gasteiger partial charge in [-0.1, -0.05) is 13.8 Å². The molecule has 0 aromatic carbocycles. The highest BCUT2D eigenvalue weighted by atomic mass is 16.4. The fraction of sp³-hybridized carbons (Fsp3) is 0.529. The van der Waals surface area contributed by atoms with Crippen molar-refractivity contribution < 1.29 is 29.1 Å². The summed E-state index contributed by atoms with van der Waals surface area (Å²) in [6.07, 6.45) is 2.23. The molecule has 1 rings (SSSR count). The smallest absolute Gasteiger partial charge is 0.322 e. The fourth-order valence-corrected chi connectivity index (χ4v) is 2.36. The number of rotatable bonds is 12. The molecule has 0 fully saturated rings. The van der Waals surface area contributed by atoms with Crippen molar-refractivity contribution in [2.75, 3.05) is 6.54 Å². The lowest BCUT2D eigenvalue weighted by atomic mass is 10.0. The largest absolute Gasteiger partial charge is 0.480 e. The second-order valence-electron chi connectivity index (χ2n) is 6.96. The van der Waals surface area contributed by atoms with Crippen LogP contribution < -0.4 is 27.4 Å². The van der Waals surface area contributed by atoms with Crippen molar-refractivity contribution in [3.63, 3.8) is 0 Å². The van der Waals surface area contributed by atoms with E-state index in [1.54, 1.807) is 13.8 Å². The molecule has 1 heterocycles. The zero-order valence-electron chi connectivity index (χ0n) is 16.7. The molecule has 13 nitrogen and oxygen atoms in total. The second-order valence-corrected chi connectivity index (χ2v) is 6.96. The van der Waals surface area contributed by atoms with Crippen LogP contribution in [0.15, 0.2) is 12.5 Å². The van der Waals surface area contributed by atoms with Crippen molar-refractivity contribution in [1.82, 2.24) is 25.9 Å². The third-order valence-corrected chi connectivity index (χ3v) is 4.08. The van der Waals surface area contributed by atoms with Gasteiger partial charge in [-0.05, 0) is 5.92 Å². The summed E-state index contributed by atoms with van der Waals surface area (Å²) in [5.41, 5.74) is 11.4. The van der Waals surface area contributed by atoms with Crippen molar-refractivity contribution >= 4 is 29.6 Å². The fourth-order valence-electron chi connectivity index (χ4n) is 2.36. The molecular weight excluding hydrogens is 398 g/mol. The Balaban J connectivity index is 2.96. The molecule has 166 valence electrons. The number of carbonyl (C=O) groups excluding carboxylic acids is 4. The quantitative estimate of drug-likeness (QED) is 0.182. The molecule has 1 aromatic rings. The number of nitrogens with zero attached hydrogens (tertiary/aromatic N) is 1. The van der Waals surface area contributed by atoms with E-state index in [0.29, 0.717) is 5.69 Å². The molecule has 0 aliphatic carbocycles. The van der Waals surface area contributed by atoms with Gasteiger partial charge >= 0.3 is 5.97 Å². The van der Waals surface area contributed by atoms with Crippen LogP contribution in [0.3, 0.4) is 0 Å². The molecule has 0 spiro atoms. The number of carboxylic acids is 1. The molecule has 30 heavy (non-hydrogen) atoms. The number of hydrogen-bond donors (Lipinski definition) is 7. The number of aliphatic carboxylic acids is 1. The van der Waals surface area contributed by atoms with Gasteiger partial charge in [0.1, 0.15) is 18.6 Å². The van der Waals surface area contributed by atoms with Crippen molar-refractivity contribution in [3.8, 4) is 0 Å². The Kier molecular flexibility index (Phi) is 9.42. The molecule has 3 atom stereocenters. The molecule has 3 unspecified atom stereocenters. The van der Waals surface area contributed by atoms with Crippen LogP contribution in [0.4, 0.5) is 0 Å². The maximum Gasteiger partial charge on any atom is 0.322 e. The standard InChI is InChI=1S/C17H27N7O6/c1-8(2)14(19)17(30)24-11(4-12(18)25)16(29)23-10(3-9-5-20-7-22-9)15(28)21-6-13(26)27/h5,7-8,10-11,14H,3-4,6,19H2,1-2H3,(H2,18,25)(H,20,22)(H,21,28)(H,23,29)(H,24,30)(H,26,27). The van der Waals surface area contributed by atoms with Crippen LogP contribution in [0.5, 0.6) is 0 Å². The van der Waals surface area contributed by atoms with Crippen molar-refractivity contribution in [1.29, 1.82) is 0 Å². The minimum atomic E-state index is -1.36. The minimum Gasteiger partial charge on any atom is -0.480 e. The average Bonchev–Trinajstić information content (AvgIpc) is 3.16. The number of nitrogens with two attached hydrogens (primary N) is 2. The summed E-state index contributed by atoms with van der Waals surface area (Å²) in [5, 5.41) is 15.7. The van der Waals surface area contributed by atoms with Crippen LogP contribution in [0.2, 0.25) is 0 Å². The average molecular weight is 425 g/mol. The number of aromatic amines is 1. The van der Waals surface area contributed by atoms with E-state index in [0.717, 1.165) is 0 Å². The molecule has 0 aliphatic rings. The number of carboxylic acid groups (broad SMARTS) is 1. The number of H-pyrrole nitrogens is 1. The van der Waals surface area contributed by atoms with Gasteiger partial charge in [0.05, 0.1) is 18.8 Å². The molecule has 0 radical (unpaired) electrons. The lowest BCUT2D eigenvalue weighted by molar-refractivity contribution is -0.138. The first-order chi connectivity index (χ1) is 14.0. The van der Waals surface area contributed by atoms with Crippen LogP contribution in [0.1, 0.15) is 26.0 Å². The van der Waals surface area contributed by atoms with Gasteiger partial charge in [0, 0.05) is 18.3 Å². The Morgan fingerprint density at radius 3 is 2.23 bits per heavy atom. The second kappa shape index (κ2) is 11.5. The monoisotopic (exact) mass is 425 g/mol. The van der Waals surface area contributed by atoms with Crippen LogP contribution >= 0.6 is 0 Å². The summed E-state index contributed by atoms with van der Waals surface area (Å²) in [6.45, 7) is 2.76. The van der Waals surface area contributed by atoms with Crippen molar-refractivity contribution in [2.24, 2.45) is 17.4 Å². The Labute approximate surface area is 172 Å². The number of nitrogens with one attached hydrogen (secondary N) is 4. The van der Waals surface area contributed by atoms with E-state index in [4.69, 9.17) is 16.6 Å². The summed E-state index contributed by atoms with van der Waals surface area (Å²) < 4.78 is 0. The van der Waals surface area contributed by atoms with Gasteiger partial charge in [-0.2, -0.15) is 0 Å². The Morgan fingerprint density at radius 2 is 1.73 bits per heavy atom. The Morgan fingerprint density at radius 1 is 1.10 bits per heavy atom. The molecule has 9 N–H and O–H groups in total. The number of aromatic nitrogens is 2. The first-order valence-electron chi connectivity index (χ1n) is 9.12. The van der Waals surface area contributed by atoms with Crippen LogP contribution in [-0.2, 0) is 30.4 Å². The van der Waals surface area contributed by atoms with Gasteiger partial charge < -0.3 is 37.5 Å². The first kappa shape index (κ1) is 24.6. The van der Waals surface area contributed by atoms with Crippen LogP contribution in [-0.4, -0.2) is 69.3 Å². The lowest BCUT2D eigenvalue weighted by Crippen LogP contribution is -2.57. The highest BCUT2D eigenvalue weighted by Gasteiger charge is 2.30. The summed E-state index contributed by atoms with van der Waals surface area (Å²) in [7, 11) is 0. The third kappa shape index (κ3) is 8.26. The summed E-state index contributed by atoms with van der Waals surface area (Å²) in [4.78, 5) is 65.9. The van der Waals surface area contributed by atoms with E-state index in [2.05, 4.69) is 25.9 Å². The maximum absolute atomic E-state index is 12.7. The van der Waals surface area contributed by atoms with Crippen LogP contribution in [0, 0.1) is 5.92 Å². The van der Waals surface area contributed by atoms with Gasteiger partial charge in [-0.25, -0.2) is 4.98 Å². The highest BCUT2D eigenvalue weighted by molar-refractivity contribution is 5.96. The molecular formula is C17H27N7O6. The molecule has 13 heteroatoms. The van der Waals surface area contributed by atoms with Crippen molar-refractivity contribution in [2.45, 2.75) is 44.8 Å². The van der Waals surface area contributed by atoms with Gasteiger partial charge in [0.15, 0.2) is 0 Å². The summed E-state index contributed by atoms with van der Waals surface area (Å²) in [5.74, 6) is -4.63. The Hall–Kier alpha value is -3.48. The van der Waals surface area contributed by atoms with E-state index in [-0.39, 0.29) is 12.3 Å². The number of imidazole rings is 1. The van der Waals surface area contributed by atoms with E-state index >= 15 is 0 Å². The van der Waals surface area contributed by atoms with E-state index in [1.807, 2.05) is 0 Å². The number of amides is 4. The summed E-state index contributed by atoms with van der Waals surface area (Å²) in [6, 6.07) is -3.49. The molecule has 0 saturated heterocycles. The predicted octanol–water partition coefficient (Wildman–Crippen LogP) is -3.02. The zero-order valence-corrected chi connectivity index (χ0v) is 16.7. The van der Waals surface area contributed by atoms with E-state index in [9.17, 15) is 24.0 Å². The van der Waals surface area contributed by atoms with Gasteiger partial charge in [0.25, 0.3) is 0 Å². The third-order valence-electron chi connectivity index (χ3n) is 4.08. The van der Waals surface area contributed by atoms with Gasteiger partial charge in [-0.15, -0.1) is 0 Å². The highest BCUT2D eigenvalue weighted by Crippen LogP contribution is 2.03. The van der Waals surface area contributed by atoms with Crippen LogP contribution in [0.25, 0.3) is 0 Å². The Bertz CT molecular complexity index is 765. The topological polar surface area (TPSA) is 222 Å². The van der Waals surface area contributed by atoms with E-state index < -0.39 is 60.7 Å². The SMILES string of the molecule is CC(C)C(N)C(=O)NC(CC(N)=O)C(=O)NC(Cc1cnc[nH]1)C(=O)NCC(=O)O. The first-order valence-corrected chi connectivity index (χ1v) is 9.12. The normalized spacial score (nSPS) is 13.7. The van der Waals surface area contributed by atoms with Gasteiger partial charge in [-0.3, -0.25) is 24.0 Å². The molecule has 4 amide bonds. The van der Waals surface area contributed by atoms with Crippen molar-refractivity contribution in [3.05, 3.63) is 18.2 Å². The minimum absolute atomic E-state index is 0.0417. The molecule has 0 saturated carbocycles. The number of primary amides is 1. The maximum atomic E-state index is 12.7.